The SMILES string of the molecule is CCNc1cc(C)nc(COCC(F)(F)F)n1. The number of hydrogen-bond donors (Lipinski definition) is 1. The predicted molar refractivity (Wildman–Crippen MR) is 56.6 cm³/mol. The van der Waals surface area contributed by atoms with E-state index in [1.165, 1.54) is 0 Å². The van der Waals surface area contributed by atoms with Gasteiger partial charge in [0, 0.05) is 18.3 Å². The first-order valence-electron chi connectivity index (χ1n) is 5.13. The van der Waals surface area contributed by atoms with Gasteiger partial charge in [-0.15, -0.1) is 0 Å². The smallest absolute Gasteiger partial charge is 0.370 e. The van der Waals surface area contributed by atoms with Gasteiger partial charge in [0.25, 0.3) is 0 Å². The van der Waals surface area contributed by atoms with Crippen molar-refractivity contribution in [3.63, 3.8) is 0 Å². The normalized spacial score (nSPS) is 11.6. The monoisotopic (exact) mass is 249 g/mol. The highest BCUT2D eigenvalue weighted by molar-refractivity contribution is 5.35. The quantitative estimate of drug-likeness (QED) is 0.869. The standard InChI is InChI=1S/C10H14F3N3O/c1-3-14-8-4-7(2)15-9(16-8)5-17-6-10(11,12)13/h4H,3,5-6H2,1-2H3,(H,14,15,16). The highest BCUT2D eigenvalue weighted by Gasteiger charge is 2.27. The molecular formula is C10H14F3N3O. The van der Waals surface area contributed by atoms with Crippen molar-refractivity contribution in [3.8, 4) is 0 Å². The minimum Gasteiger partial charge on any atom is -0.370 e. The van der Waals surface area contributed by atoms with Crippen LogP contribution in [0.25, 0.3) is 0 Å². The summed E-state index contributed by atoms with van der Waals surface area (Å²) in [6.07, 6.45) is -4.33. The van der Waals surface area contributed by atoms with Gasteiger partial charge in [-0.3, -0.25) is 0 Å². The van der Waals surface area contributed by atoms with E-state index >= 15 is 0 Å². The summed E-state index contributed by atoms with van der Waals surface area (Å²) >= 11 is 0. The lowest BCUT2D eigenvalue weighted by molar-refractivity contribution is -0.177. The number of anilines is 1. The average Bonchev–Trinajstić information content (AvgIpc) is 2.15. The van der Waals surface area contributed by atoms with E-state index in [2.05, 4.69) is 20.0 Å². The molecule has 0 amide bonds. The zero-order valence-electron chi connectivity index (χ0n) is 9.64. The van der Waals surface area contributed by atoms with Gasteiger partial charge in [-0.05, 0) is 13.8 Å². The van der Waals surface area contributed by atoms with Gasteiger partial charge < -0.3 is 10.1 Å². The second-order valence-corrected chi connectivity index (χ2v) is 3.45. The molecule has 1 heterocycles. The predicted octanol–water partition coefficient (Wildman–Crippen LogP) is 2.30. The molecule has 0 unspecified atom stereocenters. The van der Waals surface area contributed by atoms with E-state index in [1.807, 2.05) is 6.92 Å². The maximum atomic E-state index is 11.9. The first-order chi connectivity index (χ1) is 7.90. The fraction of sp³-hybridized carbons (Fsp3) is 0.600. The minimum atomic E-state index is -4.33. The summed E-state index contributed by atoms with van der Waals surface area (Å²) < 4.78 is 40.1. The number of nitrogens with one attached hydrogen (secondary N) is 1. The van der Waals surface area contributed by atoms with Gasteiger partial charge in [0.1, 0.15) is 19.0 Å². The Bertz CT molecular complexity index is 368. The lowest BCUT2D eigenvalue weighted by Gasteiger charge is -2.09. The second-order valence-electron chi connectivity index (χ2n) is 3.45. The van der Waals surface area contributed by atoms with Crippen LogP contribution in [-0.4, -0.2) is 29.3 Å². The van der Waals surface area contributed by atoms with Gasteiger partial charge in [0.05, 0.1) is 0 Å². The zero-order valence-corrected chi connectivity index (χ0v) is 9.64. The Kier molecular flexibility index (Phi) is 4.68. The molecule has 0 bridgehead atoms. The van der Waals surface area contributed by atoms with Crippen molar-refractivity contribution in [2.75, 3.05) is 18.5 Å². The number of rotatable bonds is 5. The fourth-order valence-corrected chi connectivity index (χ4v) is 1.22. The molecule has 7 heteroatoms. The number of aromatic nitrogens is 2. The van der Waals surface area contributed by atoms with Crippen LogP contribution in [0.3, 0.4) is 0 Å². The Labute approximate surface area is 97.2 Å². The largest absolute Gasteiger partial charge is 0.411 e. The van der Waals surface area contributed by atoms with Crippen LogP contribution in [0.15, 0.2) is 6.07 Å². The molecule has 0 radical (unpaired) electrons. The summed E-state index contributed by atoms with van der Waals surface area (Å²) in [5.41, 5.74) is 0.682. The Balaban J connectivity index is 2.58. The van der Waals surface area contributed by atoms with Crippen molar-refractivity contribution in [3.05, 3.63) is 17.6 Å². The van der Waals surface area contributed by atoms with E-state index in [-0.39, 0.29) is 12.4 Å². The first-order valence-corrected chi connectivity index (χ1v) is 5.13. The van der Waals surface area contributed by atoms with E-state index in [0.29, 0.717) is 18.1 Å². The summed E-state index contributed by atoms with van der Waals surface area (Å²) in [6.45, 7) is 2.78. The van der Waals surface area contributed by atoms with E-state index in [1.54, 1.807) is 13.0 Å². The molecule has 4 nitrogen and oxygen atoms in total. The maximum absolute atomic E-state index is 11.9. The van der Waals surface area contributed by atoms with Crippen molar-refractivity contribution in [1.29, 1.82) is 0 Å². The van der Waals surface area contributed by atoms with E-state index in [4.69, 9.17) is 0 Å². The van der Waals surface area contributed by atoms with Crippen LogP contribution in [-0.2, 0) is 11.3 Å². The molecule has 1 rings (SSSR count). The third-order valence-electron chi connectivity index (χ3n) is 1.76. The summed E-state index contributed by atoms with van der Waals surface area (Å²) in [5, 5.41) is 2.97. The Morgan fingerprint density at radius 2 is 2.06 bits per heavy atom. The second kappa shape index (κ2) is 5.81. The molecule has 0 fully saturated rings. The molecule has 0 aliphatic carbocycles. The summed E-state index contributed by atoms with van der Waals surface area (Å²) in [7, 11) is 0. The van der Waals surface area contributed by atoms with Gasteiger partial charge in [0.2, 0.25) is 0 Å². The van der Waals surface area contributed by atoms with E-state index < -0.39 is 12.8 Å². The van der Waals surface area contributed by atoms with Crippen LogP contribution in [0, 0.1) is 6.92 Å². The summed E-state index contributed by atoms with van der Waals surface area (Å²) in [6, 6.07) is 1.72. The minimum absolute atomic E-state index is 0.241. The lowest BCUT2D eigenvalue weighted by Crippen LogP contribution is -2.17. The molecule has 0 atom stereocenters. The number of halogens is 3. The molecule has 1 aromatic rings. The van der Waals surface area contributed by atoms with Gasteiger partial charge in [0.15, 0.2) is 5.82 Å². The molecular weight excluding hydrogens is 235 g/mol. The highest BCUT2D eigenvalue weighted by atomic mass is 19.4. The number of alkyl halides is 3. The topological polar surface area (TPSA) is 47.0 Å². The molecule has 1 aromatic heterocycles. The molecule has 0 aliphatic heterocycles. The van der Waals surface area contributed by atoms with Gasteiger partial charge in [-0.1, -0.05) is 0 Å². The average molecular weight is 249 g/mol. The Morgan fingerprint density at radius 1 is 1.35 bits per heavy atom. The van der Waals surface area contributed by atoms with E-state index in [9.17, 15) is 13.2 Å². The van der Waals surface area contributed by atoms with Crippen LogP contribution >= 0.6 is 0 Å². The summed E-state index contributed by atoms with van der Waals surface area (Å²) in [4.78, 5) is 8.02. The van der Waals surface area contributed by atoms with Crippen LogP contribution in [0.5, 0.6) is 0 Å². The van der Waals surface area contributed by atoms with Gasteiger partial charge in [-0.25, -0.2) is 9.97 Å². The molecule has 96 valence electrons. The van der Waals surface area contributed by atoms with Crippen LogP contribution in [0.2, 0.25) is 0 Å². The van der Waals surface area contributed by atoms with Crippen molar-refractivity contribution < 1.29 is 17.9 Å². The van der Waals surface area contributed by atoms with Crippen molar-refractivity contribution >= 4 is 5.82 Å². The van der Waals surface area contributed by atoms with Gasteiger partial charge in [-0.2, -0.15) is 13.2 Å². The summed E-state index contributed by atoms with van der Waals surface area (Å²) in [5.74, 6) is 0.829. The van der Waals surface area contributed by atoms with Crippen LogP contribution in [0.4, 0.5) is 19.0 Å². The van der Waals surface area contributed by atoms with Gasteiger partial charge >= 0.3 is 6.18 Å². The first kappa shape index (κ1) is 13.7. The molecule has 0 aliphatic rings. The molecule has 0 saturated carbocycles. The Hall–Kier alpha value is -1.37. The Morgan fingerprint density at radius 3 is 2.65 bits per heavy atom. The number of hydrogen-bond acceptors (Lipinski definition) is 4. The van der Waals surface area contributed by atoms with Crippen LogP contribution in [0.1, 0.15) is 18.4 Å². The third-order valence-corrected chi connectivity index (χ3v) is 1.76. The molecule has 1 N–H and O–H groups in total. The van der Waals surface area contributed by atoms with Crippen LogP contribution < -0.4 is 5.32 Å². The molecule has 0 saturated heterocycles. The third kappa shape index (κ3) is 5.48. The molecule has 17 heavy (non-hydrogen) atoms. The lowest BCUT2D eigenvalue weighted by atomic mass is 10.4. The maximum Gasteiger partial charge on any atom is 0.411 e. The number of nitrogens with zero attached hydrogens (tertiary/aromatic N) is 2. The zero-order chi connectivity index (χ0) is 12.9. The molecule has 0 aromatic carbocycles. The highest BCUT2D eigenvalue weighted by Crippen LogP contribution is 2.15. The van der Waals surface area contributed by atoms with E-state index in [0.717, 1.165) is 0 Å². The molecule has 0 spiro atoms. The number of aryl methyl sites for hydroxylation is 1. The fourth-order valence-electron chi connectivity index (χ4n) is 1.22. The van der Waals surface area contributed by atoms with Crippen molar-refractivity contribution in [2.45, 2.75) is 26.6 Å². The van der Waals surface area contributed by atoms with Crippen molar-refractivity contribution in [1.82, 2.24) is 9.97 Å². The number of ether oxygens (including phenoxy) is 1. The van der Waals surface area contributed by atoms with Crippen molar-refractivity contribution in [2.24, 2.45) is 0 Å².